The van der Waals surface area contributed by atoms with Crippen molar-refractivity contribution in [1.29, 1.82) is 0 Å². The molecule has 0 unspecified atom stereocenters. The highest BCUT2D eigenvalue weighted by Crippen LogP contribution is 2.26. The number of aromatic nitrogens is 2. The Morgan fingerprint density at radius 1 is 0.967 bits per heavy atom. The highest BCUT2D eigenvalue weighted by Gasteiger charge is 2.11. The number of carbonyl (C=O) groups is 1. The van der Waals surface area contributed by atoms with E-state index in [0.29, 0.717) is 5.56 Å². The number of thiazole rings is 1. The maximum Gasteiger partial charge on any atom is 0.338 e. The summed E-state index contributed by atoms with van der Waals surface area (Å²) in [4.78, 5) is 17.0. The molecule has 0 amide bonds. The smallest absolute Gasteiger partial charge is 0.338 e. The van der Waals surface area contributed by atoms with Gasteiger partial charge in [0.05, 0.1) is 18.4 Å². The molecule has 0 atom stereocenters. The van der Waals surface area contributed by atoms with Gasteiger partial charge in [-0.05, 0) is 74.5 Å². The van der Waals surface area contributed by atoms with E-state index in [9.17, 15) is 4.79 Å². The number of hydrogen-bond donors (Lipinski definition) is 0. The molecule has 0 aliphatic carbocycles. The summed E-state index contributed by atoms with van der Waals surface area (Å²) in [6.45, 7) is 4.26. The van der Waals surface area contributed by atoms with Gasteiger partial charge in [0, 0.05) is 28.0 Å². The SMILES string of the molecule is COc1ccc(-c2nc(COC(=O)c3ccc(-n4c(C)ccc4C)cc3)cs2)cc1. The Morgan fingerprint density at radius 2 is 1.63 bits per heavy atom. The zero-order valence-corrected chi connectivity index (χ0v) is 17.9. The fourth-order valence-corrected chi connectivity index (χ4v) is 4.10. The number of nitrogens with zero attached hydrogens (tertiary/aromatic N) is 2. The zero-order chi connectivity index (χ0) is 21.1. The van der Waals surface area contributed by atoms with Crippen molar-refractivity contribution in [2.24, 2.45) is 0 Å². The average molecular weight is 419 g/mol. The topological polar surface area (TPSA) is 53.4 Å². The van der Waals surface area contributed by atoms with Crippen LogP contribution in [-0.2, 0) is 11.3 Å². The molecule has 0 N–H and O–H groups in total. The largest absolute Gasteiger partial charge is 0.497 e. The summed E-state index contributed by atoms with van der Waals surface area (Å²) in [7, 11) is 1.64. The van der Waals surface area contributed by atoms with Crippen molar-refractivity contribution in [1.82, 2.24) is 9.55 Å². The second-order valence-electron chi connectivity index (χ2n) is 6.95. The van der Waals surface area contributed by atoms with Gasteiger partial charge >= 0.3 is 5.97 Å². The van der Waals surface area contributed by atoms with Crippen LogP contribution in [0.1, 0.15) is 27.4 Å². The third-order valence-electron chi connectivity index (χ3n) is 4.87. The summed E-state index contributed by atoms with van der Waals surface area (Å²) in [6, 6.07) is 19.3. The van der Waals surface area contributed by atoms with E-state index in [1.54, 1.807) is 19.2 Å². The Bertz CT molecular complexity index is 1140. The summed E-state index contributed by atoms with van der Waals surface area (Å²) < 4.78 is 12.8. The van der Waals surface area contributed by atoms with Crippen molar-refractivity contribution >= 4 is 17.3 Å². The Balaban J connectivity index is 1.39. The Hall–Kier alpha value is -3.38. The van der Waals surface area contributed by atoms with Gasteiger partial charge in [-0.2, -0.15) is 0 Å². The molecule has 4 rings (SSSR count). The van der Waals surface area contributed by atoms with Gasteiger partial charge in [0.2, 0.25) is 0 Å². The van der Waals surface area contributed by atoms with E-state index < -0.39 is 0 Å². The molecule has 0 fully saturated rings. The Morgan fingerprint density at radius 3 is 2.27 bits per heavy atom. The molecule has 152 valence electrons. The second kappa shape index (κ2) is 8.55. The van der Waals surface area contributed by atoms with Gasteiger partial charge in [-0.3, -0.25) is 0 Å². The molecule has 2 aromatic heterocycles. The summed E-state index contributed by atoms with van der Waals surface area (Å²) in [6.07, 6.45) is 0. The van der Waals surface area contributed by atoms with Crippen molar-refractivity contribution in [2.45, 2.75) is 20.5 Å². The van der Waals surface area contributed by atoms with Crippen LogP contribution in [0.5, 0.6) is 5.75 Å². The van der Waals surface area contributed by atoms with Crippen LogP contribution in [0.3, 0.4) is 0 Å². The average Bonchev–Trinajstić information content (AvgIpc) is 3.38. The molecule has 0 saturated heterocycles. The maximum atomic E-state index is 12.4. The van der Waals surface area contributed by atoms with Crippen LogP contribution in [0, 0.1) is 13.8 Å². The fraction of sp³-hybridized carbons (Fsp3) is 0.167. The molecule has 30 heavy (non-hydrogen) atoms. The minimum Gasteiger partial charge on any atom is -0.497 e. The predicted octanol–water partition coefficient (Wildman–Crippen LogP) is 5.58. The van der Waals surface area contributed by atoms with Crippen molar-refractivity contribution < 1.29 is 14.3 Å². The molecule has 2 aromatic carbocycles. The normalized spacial score (nSPS) is 10.8. The number of carbonyl (C=O) groups excluding carboxylic acids is 1. The first kappa shape index (κ1) is 19.9. The first-order valence-corrected chi connectivity index (χ1v) is 10.4. The van der Waals surface area contributed by atoms with Gasteiger partial charge in [-0.1, -0.05) is 0 Å². The predicted molar refractivity (Wildman–Crippen MR) is 118 cm³/mol. The van der Waals surface area contributed by atoms with E-state index in [0.717, 1.165) is 39.1 Å². The van der Waals surface area contributed by atoms with E-state index in [1.165, 1.54) is 11.3 Å². The minimum atomic E-state index is -0.360. The molecule has 0 aliphatic rings. The second-order valence-corrected chi connectivity index (χ2v) is 7.81. The first-order chi connectivity index (χ1) is 14.5. The number of methoxy groups -OCH3 is 1. The summed E-state index contributed by atoms with van der Waals surface area (Å²) >= 11 is 1.52. The van der Waals surface area contributed by atoms with Crippen LogP contribution < -0.4 is 4.74 Å². The molecule has 0 spiro atoms. The number of hydrogen-bond acceptors (Lipinski definition) is 5. The lowest BCUT2D eigenvalue weighted by atomic mass is 10.2. The third kappa shape index (κ3) is 4.14. The number of esters is 1. The van der Waals surface area contributed by atoms with Crippen LogP contribution in [0.4, 0.5) is 0 Å². The van der Waals surface area contributed by atoms with E-state index >= 15 is 0 Å². The quantitative estimate of drug-likeness (QED) is 0.383. The van der Waals surface area contributed by atoms with E-state index in [1.807, 2.05) is 41.8 Å². The molecular weight excluding hydrogens is 396 g/mol. The standard InChI is InChI=1S/C24H22N2O3S/c1-16-4-5-17(2)26(16)21-10-6-19(7-11-21)24(27)29-14-20-15-30-23(25-20)18-8-12-22(28-3)13-9-18/h4-13,15H,14H2,1-3H3. The lowest BCUT2D eigenvalue weighted by Crippen LogP contribution is -2.06. The van der Waals surface area contributed by atoms with Crippen LogP contribution in [0.25, 0.3) is 16.3 Å². The maximum absolute atomic E-state index is 12.4. The van der Waals surface area contributed by atoms with Crippen molar-refractivity contribution in [2.75, 3.05) is 7.11 Å². The van der Waals surface area contributed by atoms with E-state index in [-0.39, 0.29) is 12.6 Å². The van der Waals surface area contributed by atoms with Gasteiger partial charge in [0.1, 0.15) is 17.4 Å². The number of aryl methyl sites for hydroxylation is 2. The summed E-state index contributed by atoms with van der Waals surface area (Å²) in [5.74, 6) is 0.444. The van der Waals surface area contributed by atoms with E-state index in [2.05, 4.69) is 35.5 Å². The van der Waals surface area contributed by atoms with Crippen molar-refractivity contribution in [3.8, 4) is 22.0 Å². The first-order valence-electron chi connectivity index (χ1n) is 9.56. The minimum absolute atomic E-state index is 0.142. The lowest BCUT2D eigenvalue weighted by Gasteiger charge is -2.10. The zero-order valence-electron chi connectivity index (χ0n) is 17.1. The van der Waals surface area contributed by atoms with Crippen LogP contribution in [-0.4, -0.2) is 22.6 Å². The van der Waals surface area contributed by atoms with Crippen molar-refractivity contribution in [3.63, 3.8) is 0 Å². The highest BCUT2D eigenvalue weighted by atomic mass is 32.1. The summed E-state index contributed by atoms with van der Waals surface area (Å²) in [5.41, 5.74) is 5.58. The molecular formula is C24H22N2O3S. The number of rotatable bonds is 6. The van der Waals surface area contributed by atoms with Crippen LogP contribution in [0.2, 0.25) is 0 Å². The molecule has 0 saturated carbocycles. The lowest BCUT2D eigenvalue weighted by molar-refractivity contribution is 0.0468. The fourth-order valence-electron chi connectivity index (χ4n) is 3.28. The Labute approximate surface area is 179 Å². The molecule has 5 nitrogen and oxygen atoms in total. The third-order valence-corrected chi connectivity index (χ3v) is 5.81. The van der Waals surface area contributed by atoms with Crippen LogP contribution in [0.15, 0.2) is 66.0 Å². The van der Waals surface area contributed by atoms with Crippen molar-refractivity contribution in [3.05, 3.63) is 88.7 Å². The number of benzene rings is 2. The Kier molecular flexibility index (Phi) is 5.68. The van der Waals surface area contributed by atoms with Gasteiger partial charge < -0.3 is 14.0 Å². The number of ether oxygens (including phenoxy) is 2. The van der Waals surface area contributed by atoms with Gasteiger partial charge in [-0.25, -0.2) is 9.78 Å². The highest BCUT2D eigenvalue weighted by molar-refractivity contribution is 7.13. The molecule has 6 heteroatoms. The monoisotopic (exact) mass is 418 g/mol. The summed E-state index contributed by atoms with van der Waals surface area (Å²) in [5, 5.41) is 2.79. The molecule has 0 bridgehead atoms. The van der Waals surface area contributed by atoms with Gasteiger partial charge in [-0.15, -0.1) is 11.3 Å². The molecule has 0 radical (unpaired) electrons. The molecule has 4 aromatic rings. The van der Waals surface area contributed by atoms with Crippen LogP contribution >= 0.6 is 11.3 Å². The van der Waals surface area contributed by atoms with E-state index in [4.69, 9.17) is 9.47 Å². The molecule has 2 heterocycles. The van der Waals surface area contributed by atoms with Gasteiger partial charge in [0.15, 0.2) is 0 Å². The molecule has 0 aliphatic heterocycles. The van der Waals surface area contributed by atoms with Gasteiger partial charge in [0.25, 0.3) is 0 Å².